The minimum Gasteiger partial charge on any atom is -0.451 e. The van der Waals surface area contributed by atoms with Gasteiger partial charge in [0.25, 0.3) is 0 Å². The van der Waals surface area contributed by atoms with Crippen LogP contribution in [0.1, 0.15) is 47.4 Å². The van der Waals surface area contributed by atoms with Gasteiger partial charge in [-0.25, -0.2) is 9.78 Å². The van der Waals surface area contributed by atoms with Crippen molar-refractivity contribution in [2.75, 3.05) is 11.9 Å². The van der Waals surface area contributed by atoms with Crippen LogP contribution >= 0.6 is 0 Å². The average Bonchev–Trinajstić information content (AvgIpc) is 2.97. The summed E-state index contributed by atoms with van der Waals surface area (Å²) in [4.78, 5) is 16.3. The van der Waals surface area contributed by atoms with E-state index in [0.717, 1.165) is 30.6 Å². The van der Waals surface area contributed by atoms with Gasteiger partial charge in [0.1, 0.15) is 17.0 Å². The lowest BCUT2D eigenvalue weighted by Crippen LogP contribution is -2.15. The van der Waals surface area contributed by atoms with Crippen LogP contribution in [0.4, 0.5) is 5.82 Å². The second-order valence-corrected chi connectivity index (χ2v) is 6.03. The number of hydrogen-bond acceptors (Lipinski definition) is 5. The zero-order valence-corrected chi connectivity index (χ0v) is 13.1. The molecule has 1 aliphatic rings. The fourth-order valence-corrected chi connectivity index (χ4v) is 2.76. The van der Waals surface area contributed by atoms with Gasteiger partial charge in [-0.05, 0) is 45.2 Å². The Morgan fingerprint density at radius 2 is 2.23 bits per heavy atom. The number of pyridine rings is 1. The molecule has 0 saturated carbocycles. The fourth-order valence-electron chi connectivity index (χ4n) is 2.76. The van der Waals surface area contributed by atoms with E-state index in [4.69, 9.17) is 4.74 Å². The predicted octanol–water partition coefficient (Wildman–Crippen LogP) is 2.56. The summed E-state index contributed by atoms with van der Waals surface area (Å²) in [6.07, 6.45) is 5.43. The summed E-state index contributed by atoms with van der Waals surface area (Å²) < 4.78 is 5.41. The van der Waals surface area contributed by atoms with Crippen LogP contribution < -0.4 is 5.32 Å². The zero-order chi connectivity index (χ0) is 15.7. The third kappa shape index (κ3) is 2.56. The molecule has 0 unspecified atom stereocenters. The van der Waals surface area contributed by atoms with Crippen LogP contribution in [0.2, 0.25) is 0 Å². The Hall–Kier alpha value is -2.37. The van der Waals surface area contributed by atoms with E-state index in [1.807, 2.05) is 33.0 Å². The maximum Gasteiger partial charge on any atom is 0.343 e. The predicted molar refractivity (Wildman–Crippen MR) is 82.8 cm³/mol. The molecule has 0 saturated heterocycles. The lowest BCUT2D eigenvalue weighted by molar-refractivity contribution is 0.00958. The maximum atomic E-state index is 12.1. The maximum absolute atomic E-state index is 12.1. The van der Waals surface area contributed by atoms with E-state index in [1.54, 1.807) is 6.20 Å². The number of H-pyrrole nitrogens is 1. The molecule has 6 heteroatoms. The number of ether oxygens (including phenoxy) is 1. The molecule has 2 aromatic heterocycles. The number of aryl methyl sites for hydroxylation is 2. The van der Waals surface area contributed by atoms with Crippen LogP contribution in [0.15, 0.2) is 18.5 Å². The van der Waals surface area contributed by atoms with Crippen LogP contribution in [0.3, 0.4) is 0 Å². The standard InChI is InChI=1S/C16H20N4O2/c1-10-11(9-19-20-10)5-4-7-17-14-13-12(6-8-18-14)16(2,3)22-15(13)21/h6,8-9H,4-5,7H2,1-3H3,(H,17,18)(H,19,20). The van der Waals surface area contributed by atoms with Gasteiger partial charge in [-0.1, -0.05) is 0 Å². The van der Waals surface area contributed by atoms with E-state index in [1.165, 1.54) is 5.56 Å². The van der Waals surface area contributed by atoms with E-state index < -0.39 is 5.60 Å². The molecule has 0 amide bonds. The quantitative estimate of drug-likeness (QED) is 0.655. The van der Waals surface area contributed by atoms with E-state index in [0.29, 0.717) is 11.4 Å². The first kappa shape index (κ1) is 14.6. The molecule has 0 bridgehead atoms. The molecule has 0 radical (unpaired) electrons. The van der Waals surface area contributed by atoms with Crippen molar-refractivity contribution < 1.29 is 9.53 Å². The lowest BCUT2D eigenvalue weighted by Gasteiger charge is -2.17. The monoisotopic (exact) mass is 300 g/mol. The Morgan fingerprint density at radius 1 is 1.41 bits per heavy atom. The molecule has 3 heterocycles. The number of nitrogens with zero attached hydrogens (tertiary/aromatic N) is 2. The SMILES string of the molecule is Cc1[nH]ncc1CCCNc1nccc2c1C(=O)OC2(C)C. The van der Waals surface area contributed by atoms with E-state index >= 15 is 0 Å². The fraction of sp³-hybridized carbons (Fsp3) is 0.438. The minimum absolute atomic E-state index is 0.304. The van der Waals surface area contributed by atoms with Crippen LogP contribution in [0.25, 0.3) is 0 Å². The van der Waals surface area contributed by atoms with Gasteiger partial charge in [-0.2, -0.15) is 5.10 Å². The third-order valence-electron chi connectivity index (χ3n) is 4.00. The highest BCUT2D eigenvalue weighted by Gasteiger charge is 2.39. The number of anilines is 1. The summed E-state index contributed by atoms with van der Waals surface area (Å²) >= 11 is 0. The lowest BCUT2D eigenvalue weighted by atomic mass is 9.97. The summed E-state index contributed by atoms with van der Waals surface area (Å²) in [7, 11) is 0. The number of cyclic esters (lactones) is 1. The Kier molecular flexibility index (Phi) is 3.60. The Morgan fingerprint density at radius 3 is 2.95 bits per heavy atom. The van der Waals surface area contributed by atoms with Crippen LogP contribution in [-0.2, 0) is 16.8 Å². The zero-order valence-electron chi connectivity index (χ0n) is 13.1. The van der Waals surface area contributed by atoms with Gasteiger partial charge in [0.15, 0.2) is 0 Å². The van der Waals surface area contributed by atoms with Crippen molar-refractivity contribution in [2.24, 2.45) is 0 Å². The first-order valence-corrected chi connectivity index (χ1v) is 7.44. The topological polar surface area (TPSA) is 79.9 Å². The van der Waals surface area contributed by atoms with Gasteiger partial charge < -0.3 is 10.1 Å². The molecular weight excluding hydrogens is 280 g/mol. The smallest absolute Gasteiger partial charge is 0.343 e. The average molecular weight is 300 g/mol. The molecule has 0 spiro atoms. The van der Waals surface area contributed by atoms with Gasteiger partial charge in [0.05, 0.1) is 6.20 Å². The Labute approximate surface area is 129 Å². The Bertz CT molecular complexity index is 706. The van der Waals surface area contributed by atoms with Crippen molar-refractivity contribution >= 4 is 11.8 Å². The second-order valence-electron chi connectivity index (χ2n) is 6.03. The number of carbonyl (C=O) groups is 1. The highest BCUT2D eigenvalue weighted by molar-refractivity contribution is 5.99. The first-order valence-electron chi connectivity index (χ1n) is 7.44. The number of carbonyl (C=O) groups excluding carboxylic acids is 1. The molecule has 2 aromatic rings. The van der Waals surface area contributed by atoms with Crippen LogP contribution in [-0.4, -0.2) is 27.7 Å². The molecule has 22 heavy (non-hydrogen) atoms. The number of aromatic amines is 1. The van der Waals surface area contributed by atoms with Crippen molar-refractivity contribution in [2.45, 2.75) is 39.2 Å². The number of hydrogen-bond donors (Lipinski definition) is 2. The number of nitrogens with one attached hydrogen (secondary N) is 2. The van der Waals surface area contributed by atoms with Gasteiger partial charge in [0.2, 0.25) is 0 Å². The first-order chi connectivity index (χ1) is 10.5. The van der Waals surface area contributed by atoms with Crippen molar-refractivity contribution in [1.82, 2.24) is 15.2 Å². The number of rotatable bonds is 5. The summed E-state index contributed by atoms with van der Waals surface area (Å²) in [6, 6.07) is 1.85. The molecule has 0 aromatic carbocycles. The minimum atomic E-state index is -0.584. The van der Waals surface area contributed by atoms with Crippen molar-refractivity contribution in [3.8, 4) is 0 Å². The van der Waals surface area contributed by atoms with Gasteiger partial charge in [0, 0.05) is 24.0 Å². The molecular formula is C16H20N4O2. The summed E-state index contributed by atoms with van der Waals surface area (Å²) in [5.74, 6) is 0.304. The molecule has 0 aliphatic carbocycles. The van der Waals surface area contributed by atoms with E-state index in [-0.39, 0.29) is 5.97 Å². The normalized spacial score (nSPS) is 15.5. The molecule has 1 aliphatic heterocycles. The molecule has 116 valence electrons. The van der Waals surface area contributed by atoms with Crippen molar-refractivity contribution in [3.05, 3.63) is 40.8 Å². The van der Waals surface area contributed by atoms with Gasteiger partial charge >= 0.3 is 5.97 Å². The van der Waals surface area contributed by atoms with Crippen molar-refractivity contribution in [3.63, 3.8) is 0 Å². The summed E-state index contributed by atoms with van der Waals surface area (Å²) in [6.45, 7) is 6.53. The van der Waals surface area contributed by atoms with Crippen LogP contribution in [0.5, 0.6) is 0 Å². The highest BCUT2D eigenvalue weighted by Crippen LogP contribution is 2.38. The van der Waals surface area contributed by atoms with E-state index in [2.05, 4.69) is 20.5 Å². The summed E-state index contributed by atoms with van der Waals surface area (Å²) in [5, 5.41) is 10.2. The third-order valence-corrected chi connectivity index (χ3v) is 4.00. The molecule has 6 nitrogen and oxygen atoms in total. The molecule has 3 rings (SSSR count). The van der Waals surface area contributed by atoms with E-state index in [9.17, 15) is 4.79 Å². The van der Waals surface area contributed by atoms with Crippen LogP contribution in [0, 0.1) is 6.92 Å². The molecule has 2 N–H and O–H groups in total. The molecule has 0 atom stereocenters. The van der Waals surface area contributed by atoms with Crippen molar-refractivity contribution in [1.29, 1.82) is 0 Å². The Balaban J connectivity index is 1.66. The summed E-state index contributed by atoms with van der Waals surface area (Å²) in [5.41, 5.74) is 3.19. The van der Waals surface area contributed by atoms with Gasteiger partial charge in [-0.15, -0.1) is 0 Å². The highest BCUT2D eigenvalue weighted by atomic mass is 16.6. The number of fused-ring (bicyclic) bond motifs is 1. The number of esters is 1. The molecule has 0 fully saturated rings. The second kappa shape index (κ2) is 5.44. The van der Waals surface area contributed by atoms with Gasteiger partial charge in [-0.3, -0.25) is 5.10 Å². The number of aromatic nitrogens is 3. The largest absolute Gasteiger partial charge is 0.451 e.